The highest BCUT2D eigenvalue weighted by atomic mass is 16.5. The number of aromatic nitrogens is 1. The van der Waals surface area contributed by atoms with Crippen LogP contribution in [0.15, 0.2) is 10.6 Å². The van der Waals surface area contributed by atoms with E-state index in [-0.39, 0.29) is 11.4 Å². The van der Waals surface area contributed by atoms with Crippen LogP contribution in [0.25, 0.3) is 0 Å². The van der Waals surface area contributed by atoms with Gasteiger partial charge in [0.1, 0.15) is 5.76 Å². The molecule has 1 unspecified atom stereocenters. The maximum Gasteiger partial charge on any atom is 0.276 e. The Labute approximate surface area is 161 Å². The standard InChI is InChI=1S/C21H31N3O3/c1-2-26-12-16-7-8-24(11-15-3-4-15)21(10-16)13-23(14-21)20(25)18-9-19(27-22-18)17-5-6-17/h9,15-17H,2-8,10-14H2,1H3. The zero-order valence-electron chi connectivity index (χ0n) is 16.4. The molecule has 0 bridgehead atoms. The van der Waals surface area contributed by atoms with Crippen molar-refractivity contribution in [2.75, 3.05) is 39.4 Å². The van der Waals surface area contributed by atoms with Crippen molar-refractivity contribution in [3.63, 3.8) is 0 Å². The fourth-order valence-corrected chi connectivity index (χ4v) is 4.92. The summed E-state index contributed by atoms with van der Waals surface area (Å²) in [6.45, 7) is 7.72. The van der Waals surface area contributed by atoms with Crippen LogP contribution in [0.3, 0.4) is 0 Å². The summed E-state index contributed by atoms with van der Waals surface area (Å²) in [7, 11) is 0. The molecular weight excluding hydrogens is 342 g/mol. The number of likely N-dealkylation sites (tertiary alicyclic amines) is 2. The predicted molar refractivity (Wildman–Crippen MR) is 101 cm³/mol. The van der Waals surface area contributed by atoms with Gasteiger partial charge in [0.05, 0.1) is 5.54 Å². The Morgan fingerprint density at radius 2 is 2.07 bits per heavy atom. The second-order valence-electron chi connectivity index (χ2n) is 9.18. The van der Waals surface area contributed by atoms with E-state index >= 15 is 0 Å². The molecule has 0 radical (unpaired) electrons. The molecule has 6 nitrogen and oxygen atoms in total. The lowest BCUT2D eigenvalue weighted by atomic mass is 9.74. The van der Waals surface area contributed by atoms with E-state index in [2.05, 4.69) is 17.0 Å². The van der Waals surface area contributed by atoms with Crippen LogP contribution in [0.4, 0.5) is 0 Å². The van der Waals surface area contributed by atoms with E-state index in [9.17, 15) is 4.79 Å². The van der Waals surface area contributed by atoms with Gasteiger partial charge in [0, 0.05) is 44.8 Å². The van der Waals surface area contributed by atoms with E-state index in [0.29, 0.717) is 17.5 Å². The third kappa shape index (κ3) is 3.54. The van der Waals surface area contributed by atoms with E-state index in [0.717, 1.165) is 63.8 Å². The number of carbonyl (C=O) groups excluding carboxylic acids is 1. The minimum absolute atomic E-state index is 0.0366. The maximum absolute atomic E-state index is 12.9. The van der Waals surface area contributed by atoms with Crippen molar-refractivity contribution in [1.82, 2.24) is 15.0 Å². The molecule has 2 saturated heterocycles. The first-order valence-electron chi connectivity index (χ1n) is 10.8. The SMILES string of the molecule is CCOCC1CCN(CC2CC2)C2(C1)CN(C(=O)c1cc(C3CC3)on1)C2. The molecule has 6 heteroatoms. The van der Waals surface area contributed by atoms with Gasteiger partial charge in [-0.2, -0.15) is 0 Å². The van der Waals surface area contributed by atoms with Gasteiger partial charge in [-0.1, -0.05) is 5.16 Å². The Balaban J connectivity index is 1.24. The topological polar surface area (TPSA) is 58.8 Å². The van der Waals surface area contributed by atoms with Crippen molar-refractivity contribution in [2.45, 2.75) is 56.9 Å². The van der Waals surface area contributed by atoms with Gasteiger partial charge in [-0.05, 0) is 63.8 Å². The first-order chi connectivity index (χ1) is 13.2. The highest BCUT2D eigenvalue weighted by Crippen LogP contribution is 2.43. The molecular formula is C21H31N3O3. The molecule has 1 aromatic rings. The summed E-state index contributed by atoms with van der Waals surface area (Å²) in [6.07, 6.45) is 7.44. The Hall–Kier alpha value is -1.40. The normalized spacial score (nSPS) is 27.7. The average molecular weight is 373 g/mol. The number of carbonyl (C=O) groups is 1. The van der Waals surface area contributed by atoms with Crippen LogP contribution < -0.4 is 0 Å². The summed E-state index contributed by atoms with van der Waals surface area (Å²) in [6, 6.07) is 1.87. The zero-order valence-corrected chi connectivity index (χ0v) is 16.4. The number of rotatable bonds is 7. The smallest absolute Gasteiger partial charge is 0.276 e. The van der Waals surface area contributed by atoms with Crippen molar-refractivity contribution in [1.29, 1.82) is 0 Å². The Morgan fingerprint density at radius 1 is 1.26 bits per heavy atom. The largest absolute Gasteiger partial charge is 0.381 e. The highest BCUT2D eigenvalue weighted by molar-refractivity contribution is 5.93. The Kier molecular flexibility index (Phi) is 4.51. The number of hydrogen-bond acceptors (Lipinski definition) is 5. The third-order valence-electron chi connectivity index (χ3n) is 6.86. The maximum atomic E-state index is 12.9. The lowest BCUT2D eigenvalue weighted by Crippen LogP contribution is -2.73. The van der Waals surface area contributed by atoms with Gasteiger partial charge in [-0.3, -0.25) is 9.69 Å². The van der Waals surface area contributed by atoms with E-state index in [1.807, 2.05) is 11.0 Å². The fraction of sp³-hybridized carbons (Fsp3) is 0.810. The molecule has 27 heavy (non-hydrogen) atoms. The van der Waals surface area contributed by atoms with Crippen molar-refractivity contribution in [3.8, 4) is 0 Å². The number of nitrogens with zero attached hydrogens (tertiary/aromatic N) is 3. The molecule has 1 atom stereocenters. The summed E-state index contributed by atoms with van der Waals surface area (Å²) in [5, 5.41) is 4.05. The molecule has 0 aromatic carbocycles. The van der Waals surface area contributed by atoms with Crippen molar-refractivity contribution < 1.29 is 14.1 Å². The monoisotopic (exact) mass is 373 g/mol. The van der Waals surface area contributed by atoms with Crippen LogP contribution in [-0.2, 0) is 4.74 Å². The molecule has 4 aliphatic rings. The molecule has 1 amide bonds. The van der Waals surface area contributed by atoms with Gasteiger partial charge in [-0.25, -0.2) is 0 Å². The minimum atomic E-state index is 0.0366. The van der Waals surface area contributed by atoms with Crippen LogP contribution in [-0.4, -0.2) is 65.8 Å². The molecule has 2 aliphatic heterocycles. The molecule has 1 spiro atoms. The summed E-state index contributed by atoms with van der Waals surface area (Å²) < 4.78 is 11.1. The van der Waals surface area contributed by atoms with Crippen molar-refractivity contribution in [2.24, 2.45) is 11.8 Å². The van der Waals surface area contributed by atoms with Crippen LogP contribution >= 0.6 is 0 Å². The lowest BCUT2D eigenvalue weighted by Gasteiger charge is -2.59. The molecule has 148 valence electrons. The van der Waals surface area contributed by atoms with Crippen LogP contribution in [0, 0.1) is 11.8 Å². The first kappa shape index (κ1) is 17.7. The lowest BCUT2D eigenvalue weighted by molar-refractivity contribution is -0.0889. The predicted octanol–water partition coefficient (Wildman–Crippen LogP) is 2.91. The average Bonchev–Trinajstić information content (AvgIpc) is 3.58. The summed E-state index contributed by atoms with van der Waals surface area (Å²) in [4.78, 5) is 17.5. The van der Waals surface area contributed by atoms with E-state index < -0.39 is 0 Å². The van der Waals surface area contributed by atoms with E-state index in [4.69, 9.17) is 9.26 Å². The van der Waals surface area contributed by atoms with Crippen molar-refractivity contribution in [3.05, 3.63) is 17.5 Å². The summed E-state index contributed by atoms with van der Waals surface area (Å²) in [5.41, 5.74) is 0.642. The summed E-state index contributed by atoms with van der Waals surface area (Å²) in [5.74, 6) is 2.92. The fourth-order valence-electron chi connectivity index (χ4n) is 4.92. The molecule has 2 aliphatic carbocycles. The van der Waals surface area contributed by atoms with Gasteiger partial charge in [0.15, 0.2) is 5.69 Å². The zero-order chi connectivity index (χ0) is 18.4. The van der Waals surface area contributed by atoms with Gasteiger partial charge in [-0.15, -0.1) is 0 Å². The van der Waals surface area contributed by atoms with Gasteiger partial charge in [0.25, 0.3) is 5.91 Å². The third-order valence-corrected chi connectivity index (χ3v) is 6.86. The second kappa shape index (κ2) is 6.89. The van der Waals surface area contributed by atoms with Gasteiger partial charge >= 0.3 is 0 Å². The number of piperidine rings is 1. The number of hydrogen-bond donors (Lipinski definition) is 0. The van der Waals surface area contributed by atoms with Crippen LogP contribution in [0.5, 0.6) is 0 Å². The summed E-state index contributed by atoms with van der Waals surface area (Å²) >= 11 is 0. The molecule has 2 saturated carbocycles. The van der Waals surface area contributed by atoms with E-state index in [1.54, 1.807) is 0 Å². The first-order valence-corrected chi connectivity index (χ1v) is 10.8. The Morgan fingerprint density at radius 3 is 2.78 bits per heavy atom. The van der Waals surface area contributed by atoms with Crippen LogP contribution in [0.2, 0.25) is 0 Å². The van der Waals surface area contributed by atoms with Crippen LogP contribution in [0.1, 0.15) is 67.6 Å². The molecule has 3 heterocycles. The second-order valence-corrected chi connectivity index (χ2v) is 9.18. The van der Waals surface area contributed by atoms with Gasteiger partial charge < -0.3 is 14.2 Å². The molecule has 4 fully saturated rings. The molecule has 1 aromatic heterocycles. The van der Waals surface area contributed by atoms with E-state index in [1.165, 1.54) is 25.8 Å². The quantitative estimate of drug-likeness (QED) is 0.735. The number of amides is 1. The highest BCUT2D eigenvalue weighted by Gasteiger charge is 2.53. The van der Waals surface area contributed by atoms with Gasteiger partial charge in [0.2, 0.25) is 0 Å². The number of ether oxygens (including phenoxy) is 1. The molecule has 0 N–H and O–H groups in total. The van der Waals surface area contributed by atoms with Crippen molar-refractivity contribution >= 4 is 5.91 Å². The molecule has 5 rings (SSSR count). The minimum Gasteiger partial charge on any atom is -0.381 e. The Bertz CT molecular complexity index is 689.